The molecule has 36 heavy (non-hydrogen) atoms. The smallest absolute Gasteiger partial charge is 0.147 e. The van der Waals surface area contributed by atoms with Gasteiger partial charge in [-0.15, -0.1) is 0 Å². The Bertz CT molecular complexity index is 1620. The summed E-state index contributed by atoms with van der Waals surface area (Å²) in [6.45, 7) is 0. The third-order valence-corrected chi connectivity index (χ3v) is 6.88. The molecule has 3 aromatic carbocycles. The summed E-state index contributed by atoms with van der Waals surface area (Å²) in [6, 6.07) is 35.6. The van der Waals surface area contributed by atoms with Crippen LogP contribution in [-0.4, -0.2) is 19.5 Å². The number of benzene rings is 3. The highest BCUT2D eigenvalue weighted by molar-refractivity contribution is 5.85. The number of hydrogen-bond donors (Lipinski definition) is 0. The lowest BCUT2D eigenvalue weighted by molar-refractivity contribution is 0.475. The van der Waals surface area contributed by atoms with Gasteiger partial charge >= 0.3 is 0 Å². The van der Waals surface area contributed by atoms with Crippen LogP contribution in [0.3, 0.4) is 0 Å². The van der Waals surface area contributed by atoms with E-state index >= 15 is 0 Å². The van der Waals surface area contributed by atoms with Crippen LogP contribution in [0, 0.1) is 0 Å². The zero-order valence-corrected chi connectivity index (χ0v) is 19.4. The van der Waals surface area contributed by atoms with Crippen molar-refractivity contribution in [2.45, 2.75) is 5.41 Å². The Balaban J connectivity index is 1.39. The number of ether oxygens (including phenoxy) is 1. The molecule has 0 radical (unpaired) electrons. The van der Waals surface area contributed by atoms with Gasteiger partial charge in [-0.1, -0.05) is 66.7 Å². The molecule has 5 nitrogen and oxygen atoms in total. The third-order valence-electron chi connectivity index (χ3n) is 6.88. The monoisotopic (exact) mass is 466 g/mol. The van der Waals surface area contributed by atoms with E-state index in [0.717, 1.165) is 22.8 Å². The average molecular weight is 467 g/mol. The molecular formula is C31H22N4O. The molecule has 5 heteroatoms. The Hall–Kier alpha value is -4.90. The minimum atomic E-state index is -0.547. The van der Waals surface area contributed by atoms with E-state index in [-0.39, 0.29) is 0 Å². The number of fused-ring (bicyclic) bond motifs is 3. The highest BCUT2D eigenvalue weighted by Crippen LogP contribution is 2.55. The first-order chi connectivity index (χ1) is 17.8. The van der Waals surface area contributed by atoms with Crippen molar-refractivity contribution in [3.05, 3.63) is 156 Å². The molecule has 1 aliphatic carbocycles. The summed E-state index contributed by atoms with van der Waals surface area (Å²) in [6.07, 6.45) is 9.34. The van der Waals surface area contributed by atoms with E-state index < -0.39 is 5.41 Å². The third kappa shape index (κ3) is 3.03. The van der Waals surface area contributed by atoms with Crippen molar-refractivity contribution in [1.82, 2.24) is 19.5 Å². The van der Waals surface area contributed by atoms with Crippen molar-refractivity contribution in [3.63, 3.8) is 0 Å². The van der Waals surface area contributed by atoms with Crippen LogP contribution in [-0.2, 0) is 5.41 Å². The Morgan fingerprint density at radius 3 is 2.14 bits per heavy atom. The van der Waals surface area contributed by atoms with Crippen molar-refractivity contribution in [3.8, 4) is 22.6 Å². The molecule has 0 saturated heterocycles. The van der Waals surface area contributed by atoms with Gasteiger partial charge in [0.25, 0.3) is 0 Å². The maximum atomic E-state index is 6.33. The van der Waals surface area contributed by atoms with Crippen LogP contribution in [0.15, 0.2) is 134 Å². The Labute approximate surface area is 208 Å². The Morgan fingerprint density at radius 2 is 1.42 bits per heavy atom. The summed E-state index contributed by atoms with van der Waals surface area (Å²) in [7, 11) is 0. The lowest BCUT2D eigenvalue weighted by atomic mass is 9.70. The van der Waals surface area contributed by atoms with Gasteiger partial charge in [-0.25, -0.2) is 4.68 Å². The molecule has 0 fully saturated rings. The SMILES string of the molecule is c1ccc(C2(c3cccc(Oc4ccn(-n5cccn5)c4)c3)c3ccccc3-c3ccccc32)nc1. The number of aromatic nitrogens is 4. The molecule has 0 amide bonds. The second kappa shape index (κ2) is 8.10. The second-order valence-corrected chi connectivity index (χ2v) is 8.84. The first kappa shape index (κ1) is 20.5. The first-order valence-corrected chi connectivity index (χ1v) is 11.9. The minimum Gasteiger partial charge on any atom is -0.456 e. The van der Waals surface area contributed by atoms with Gasteiger partial charge in [0.1, 0.15) is 11.5 Å². The number of pyridine rings is 1. The van der Waals surface area contributed by atoms with Gasteiger partial charge in [-0.2, -0.15) is 9.89 Å². The van der Waals surface area contributed by atoms with Crippen LogP contribution in [0.1, 0.15) is 22.4 Å². The van der Waals surface area contributed by atoms with Gasteiger partial charge in [0.15, 0.2) is 0 Å². The van der Waals surface area contributed by atoms with Gasteiger partial charge in [0, 0.05) is 24.7 Å². The van der Waals surface area contributed by atoms with Crippen molar-refractivity contribution < 1.29 is 4.74 Å². The molecule has 3 heterocycles. The lowest BCUT2D eigenvalue weighted by Gasteiger charge is -2.32. The van der Waals surface area contributed by atoms with E-state index in [1.807, 2.05) is 53.7 Å². The maximum absolute atomic E-state index is 6.33. The van der Waals surface area contributed by atoms with E-state index in [4.69, 9.17) is 9.72 Å². The van der Waals surface area contributed by atoms with E-state index in [2.05, 4.69) is 84.0 Å². The van der Waals surface area contributed by atoms with Crippen molar-refractivity contribution >= 4 is 0 Å². The summed E-state index contributed by atoms with van der Waals surface area (Å²) in [5.74, 6) is 1.50. The fourth-order valence-corrected chi connectivity index (χ4v) is 5.43. The van der Waals surface area contributed by atoms with E-state index in [9.17, 15) is 0 Å². The predicted octanol–water partition coefficient (Wildman–Crippen LogP) is 6.55. The molecule has 1 aliphatic rings. The van der Waals surface area contributed by atoms with Crippen LogP contribution >= 0.6 is 0 Å². The summed E-state index contributed by atoms with van der Waals surface area (Å²) in [4.78, 5) is 6.64. The Morgan fingerprint density at radius 1 is 0.639 bits per heavy atom. The topological polar surface area (TPSA) is 44.9 Å². The summed E-state index contributed by atoms with van der Waals surface area (Å²) >= 11 is 0. The van der Waals surface area contributed by atoms with Gasteiger partial charge < -0.3 is 4.74 Å². The fourth-order valence-electron chi connectivity index (χ4n) is 5.43. The van der Waals surface area contributed by atoms with Crippen molar-refractivity contribution in [1.29, 1.82) is 0 Å². The molecular weight excluding hydrogens is 444 g/mol. The van der Waals surface area contributed by atoms with Crippen LogP contribution < -0.4 is 4.74 Å². The molecule has 7 rings (SSSR count). The molecule has 0 N–H and O–H groups in total. The van der Waals surface area contributed by atoms with Crippen molar-refractivity contribution in [2.24, 2.45) is 0 Å². The molecule has 0 atom stereocenters. The summed E-state index contributed by atoms with van der Waals surface area (Å²) in [5.41, 5.74) is 6.49. The fraction of sp³-hybridized carbons (Fsp3) is 0.0323. The number of nitrogens with zero attached hydrogens (tertiary/aromatic N) is 4. The molecule has 6 aromatic rings. The summed E-state index contributed by atoms with van der Waals surface area (Å²) < 4.78 is 8.20. The van der Waals surface area contributed by atoms with E-state index in [1.165, 1.54) is 22.3 Å². The van der Waals surface area contributed by atoms with Gasteiger partial charge in [-0.05, 0) is 58.1 Å². The molecule has 0 saturated carbocycles. The number of hydrogen-bond acceptors (Lipinski definition) is 3. The molecule has 0 bridgehead atoms. The average Bonchev–Trinajstić information content (AvgIpc) is 3.68. The summed E-state index contributed by atoms with van der Waals surface area (Å²) in [5, 5.41) is 4.28. The zero-order chi connectivity index (χ0) is 24.0. The van der Waals surface area contributed by atoms with Gasteiger partial charge in [0.2, 0.25) is 0 Å². The van der Waals surface area contributed by atoms with Crippen molar-refractivity contribution in [2.75, 3.05) is 0 Å². The first-order valence-electron chi connectivity index (χ1n) is 11.9. The van der Waals surface area contributed by atoms with Gasteiger partial charge in [-0.3, -0.25) is 4.98 Å². The number of rotatable bonds is 5. The predicted molar refractivity (Wildman–Crippen MR) is 139 cm³/mol. The quantitative estimate of drug-likeness (QED) is 0.289. The molecule has 0 unspecified atom stereocenters. The zero-order valence-electron chi connectivity index (χ0n) is 19.4. The minimum absolute atomic E-state index is 0.547. The highest BCUT2D eigenvalue weighted by Gasteiger charge is 2.47. The standard InChI is InChI=1S/C31H22N4O/c1-3-13-28-26(11-1)27-12-2-4-14-29(27)31(28,30-15-5-6-17-32-30)23-9-7-10-24(21-23)36-25-16-20-34(22-25)35-19-8-18-33-35/h1-22H. The molecule has 172 valence electrons. The molecule has 0 aliphatic heterocycles. The van der Waals surface area contributed by atoms with Crippen LogP contribution in [0.25, 0.3) is 11.1 Å². The van der Waals surface area contributed by atoms with Gasteiger partial charge in [0.05, 0.1) is 23.5 Å². The Kier molecular flexibility index (Phi) is 4.61. The molecule has 0 spiro atoms. The van der Waals surface area contributed by atoms with Crippen LogP contribution in [0.4, 0.5) is 0 Å². The van der Waals surface area contributed by atoms with Crippen LogP contribution in [0.2, 0.25) is 0 Å². The second-order valence-electron chi connectivity index (χ2n) is 8.84. The van der Waals surface area contributed by atoms with E-state index in [0.29, 0.717) is 0 Å². The normalized spacial score (nSPS) is 13.2. The van der Waals surface area contributed by atoms with E-state index in [1.54, 1.807) is 11.0 Å². The largest absolute Gasteiger partial charge is 0.456 e. The van der Waals surface area contributed by atoms with Crippen LogP contribution in [0.5, 0.6) is 11.5 Å². The maximum Gasteiger partial charge on any atom is 0.147 e. The lowest BCUT2D eigenvalue weighted by Crippen LogP contribution is -2.29. The molecule has 3 aromatic heterocycles. The highest BCUT2D eigenvalue weighted by atomic mass is 16.5.